The molecule has 19 heavy (non-hydrogen) atoms. The summed E-state index contributed by atoms with van der Waals surface area (Å²) in [7, 11) is 1.49. The average molecular weight is 270 g/mol. The first kappa shape index (κ1) is 14.1. The third-order valence-corrected chi connectivity index (χ3v) is 3.62. The van der Waals surface area contributed by atoms with Gasteiger partial charge in [-0.1, -0.05) is 0 Å². The first-order chi connectivity index (χ1) is 8.81. The van der Waals surface area contributed by atoms with E-state index in [1.807, 2.05) is 0 Å². The number of alkyl carbamates (subject to hydrolysis) is 1. The van der Waals surface area contributed by atoms with Gasteiger partial charge >= 0.3 is 6.09 Å². The SMILES string of the molecule is CON1C(=O)[C@@H](NC(=O)OC(C)(C)C)CC2CCC21. The van der Waals surface area contributed by atoms with Crippen LogP contribution in [0, 0.1) is 5.92 Å². The smallest absolute Gasteiger partial charge is 0.408 e. The lowest BCUT2D eigenvalue weighted by Gasteiger charge is -2.48. The Balaban J connectivity index is 1.96. The Morgan fingerprint density at radius 1 is 1.37 bits per heavy atom. The molecule has 0 aromatic carbocycles. The highest BCUT2D eigenvalue weighted by Crippen LogP contribution is 2.39. The van der Waals surface area contributed by atoms with Crippen molar-refractivity contribution >= 4 is 12.0 Å². The van der Waals surface area contributed by atoms with Crippen molar-refractivity contribution in [2.24, 2.45) is 5.92 Å². The van der Waals surface area contributed by atoms with Gasteiger partial charge in [-0.3, -0.25) is 9.63 Å². The maximum atomic E-state index is 12.2. The van der Waals surface area contributed by atoms with E-state index < -0.39 is 17.7 Å². The molecule has 1 saturated heterocycles. The minimum absolute atomic E-state index is 0.175. The Bertz CT molecular complexity index is 377. The van der Waals surface area contributed by atoms with E-state index in [2.05, 4.69) is 5.32 Å². The molecule has 0 spiro atoms. The molecule has 6 heteroatoms. The Kier molecular flexibility index (Phi) is 3.71. The summed E-state index contributed by atoms with van der Waals surface area (Å²) >= 11 is 0. The number of hydrogen-bond acceptors (Lipinski definition) is 4. The molecule has 1 saturated carbocycles. The Labute approximate surface area is 113 Å². The number of hydroxylamine groups is 2. The van der Waals surface area contributed by atoms with E-state index >= 15 is 0 Å². The molecule has 1 aliphatic heterocycles. The summed E-state index contributed by atoms with van der Waals surface area (Å²) < 4.78 is 5.18. The van der Waals surface area contributed by atoms with Gasteiger partial charge in [-0.2, -0.15) is 0 Å². The van der Waals surface area contributed by atoms with Crippen LogP contribution in [0.1, 0.15) is 40.0 Å². The van der Waals surface area contributed by atoms with Gasteiger partial charge < -0.3 is 10.1 Å². The number of rotatable bonds is 2. The number of amides is 2. The van der Waals surface area contributed by atoms with Gasteiger partial charge in [-0.05, 0) is 46.0 Å². The normalized spacial score (nSPS) is 30.4. The van der Waals surface area contributed by atoms with Crippen molar-refractivity contribution in [3.05, 3.63) is 0 Å². The van der Waals surface area contributed by atoms with Crippen molar-refractivity contribution in [1.82, 2.24) is 10.4 Å². The van der Waals surface area contributed by atoms with Gasteiger partial charge in [-0.15, -0.1) is 0 Å². The Morgan fingerprint density at radius 3 is 2.53 bits per heavy atom. The van der Waals surface area contributed by atoms with Crippen molar-refractivity contribution in [2.75, 3.05) is 7.11 Å². The van der Waals surface area contributed by atoms with Gasteiger partial charge in [0.15, 0.2) is 0 Å². The van der Waals surface area contributed by atoms with E-state index in [4.69, 9.17) is 9.57 Å². The largest absolute Gasteiger partial charge is 0.444 e. The van der Waals surface area contributed by atoms with E-state index in [9.17, 15) is 9.59 Å². The zero-order valence-corrected chi connectivity index (χ0v) is 11.9. The van der Waals surface area contributed by atoms with Crippen LogP contribution in [0.2, 0.25) is 0 Å². The molecule has 0 bridgehead atoms. The molecule has 2 rings (SSSR count). The van der Waals surface area contributed by atoms with E-state index in [0.29, 0.717) is 12.3 Å². The third-order valence-electron chi connectivity index (χ3n) is 3.62. The van der Waals surface area contributed by atoms with Gasteiger partial charge in [-0.25, -0.2) is 9.86 Å². The number of hydrogen-bond donors (Lipinski definition) is 1. The van der Waals surface area contributed by atoms with Crippen LogP contribution in [0.15, 0.2) is 0 Å². The molecule has 2 unspecified atom stereocenters. The predicted octanol–water partition coefficient (Wildman–Crippen LogP) is 1.45. The number of fused-ring (bicyclic) bond motifs is 1. The number of piperidine rings is 1. The number of carbonyl (C=O) groups is 2. The number of nitrogens with zero attached hydrogens (tertiary/aromatic N) is 1. The summed E-state index contributed by atoms with van der Waals surface area (Å²) in [4.78, 5) is 29.0. The Hall–Kier alpha value is -1.30. The summed E-state index contributed by atoms with van der Waals surface area (Å²) in [6, 6.07) is -0.370. The molecule has 0 radical (unpaired) electrons. The second kappa shape index (κ2) is 5.00. The molecule has 2 fully saturated rings. The molecular weight excluding hydrogens is 248 g/mol. The van der Waals surface area contributed by atoms with Gasteiger partial charge in [0, 0.05) is 0 Å². The van der Waals surface area contributed by atoms with Gasteiger partial charge in [0.1, 0.15) is 11.6 Å². The lowest BCUT2D eigenvalue weighted by molar-refractivity contribution is -0.218. The van der Waals surface area contributed by atoms with Crippen molar-refractivity contribution in [3.63, 3.8) is 0 Å². The van der Waals surface area contributed by atoms with Crippen molar-refractivity contribution in [3.8, 4) is 0 Å². The van der Waals surface area contributed by atoms with Crippen molar-refractivity contribution < 1.29 is 19.2 Å². The van der Waals surface area contributed by atoms with Crippen LogP contribution in [-0.4, -0.2) is 41.9 Å². The summed E-state index contributed by atoms with van der Waals surface area (Å²) in [6.45, 7) is 5.37. The van der Waals surface area contributed by atoms with E-state index in [1.165, 1.54) is 12.2 Å². The topological polar surface area (TPSA) is 67.9 Å². The first-order valence-corrected chi connectivity index (χ1v) is 6.68. The van der Waals surface area contributed by atoms with E-state index in [-0.39, 0.29) is 11.9 Å². The monoisotopic (exact) mass is 270 g/mol. The fraction of sp³-hybridized carbons (Fsp3) is 0.846. The average Bonchev–Trinajstić information content (AvgIpc) is 2.24. The molecule has 2 amide bonds. The van der Waals surface area contributed by atoms with Crippen LogP contribution < -0.4 is 5.32 Å². The van der Waals surface area contributed by atoms with Crippen LogP contribution in [0.25, 0.3) is 0 Å². The molecule has 0 aromatic rings. The molecule has 2 aliphatic rings. The zero-order valence-electron chi connectivity index (χ0n) is 11.9. The molecule has 6 nitrogen and oxygen atoms in total. The van der Waals surface area contributed by atoms with Crippen molar-refractivity contribution in [2.45, 2.75) is 57.7 Å². The molecule has 3 atom stereocenters. The van der Waals surface area contributed by atoms with Crippen LogP contribution in [0.3, 0.4) is 0 Å². The summed E-state index contributed by atoms with van der Waals surface area (Å²) in [6.07, 6.45) is 2.16. The maximum Gasteiger partial charge on any atom is 0.408 e. The maximum absolute atomic E-state index is 12.2. The second-order valence-electron chi connectivity index (χ2n) is 6.19. The molecule has 0 aromatic heterocycles. The predicted molar refractivity (Wildman–Crippen MR) is 68.1 cm³/mol. The summed E-state index contributed by atoms with van der Waals surface area (Å²) in [5, 5.41) is 4.04. The lowest BCUT2D eigenvalue weighted by atomic mass is 9.72. The van der Waals surface area contributed by atoms with Crippen LogP contribution in [-0.2, 0) is 14.4 Å². The van der Waals surface area contributed by atoms with E-state index in [0.717, 1.165) is 12.8 Å². The Morgan fingerprint density at radius 2 is 2.05 bits per heavy atom. The number of ether oxygens (including phenoxy) is 1. The molecular formula is C13H22N2O4. The molecule has 1 heterocycles. The zero-order chi connectivity index (χ0) is 14.2. The van der Waals surface area contributed by atoms with Gasteiger partial charge in [0.2, 0.25) is 0 Å². The highest BCUT2D eigenvalue weighted by atomic mass is 16.7. The molecule has 1 N–H and O–H groups in total. The number of nitrogens with one attached hydrogen (secondary N) is 1. The van der Waals surface area contributed by atoms with Gasteiger partial charge in [0.25, 0.3) is 5.91 Å². The fourth-order valence-electron chi connectivity index (χ4n) is 2.65. The minimum Gasteiger partial charge on any atom is -0.444 e. The molecule has 108 valence electrons. The van der Waals surface area contributed by atoms with Crippen molar-refractivity contribution in [1.29, 1.82) is 0 Å². The van der Waals surface area contributed by atoms with E-state index in [1.54, 1.807) is 20.8 Å². The highest BCUT2D eigenvalue weighted by molar-refractivity contribution is 5.86. The quantitative estimate of drug-likeness (QED) is 0.824. The van der Waals surface area contributed by atoms with Crippen LogP contribution in [0.5, 0.6) is 0 Å². The minimum atomic E-state index is -0.568. The van der Waals surface area contributed by atoms with Crippen LogP contribution >= 0.6 is 0 Å². The lowest BCUT2D eigenvalue weighted by Crippen LogP contribution is -2.62. The summed E-state index contributed by atoms with van der Waals surface area (Å²) in [5.41, 5.74) is -0.568. The fourth-order valence-corrected chi connectivity index (χ4v) is 2.65. The van der Waals surface area contributed by atoms with Crippen LogP contribution in [0.4, 0.5) is 4.79 Å². The molecule has 1 aliphatic carbocycles. The first-order valence-electron chi connectivity index (χ1n) is 6.68. The third kappa shape index (κ3) is 3.00. The second-order valence-corrected chi connectivity index (χ2v) is 6.19. The van der Waals surface area contributed by atoms with Gasteiger partial charge in [0.05, 0.1) is 13.2 Å². The number of carbonyl (C=O) groups excluding carboxylic acids is 2. The highest BCUT2D eigenvalue weighted by Gasteiger charge is 2.47. The standard InChI is InChI=1S/C13H22N2O4/c1-13(2,3)19-12(17)14-9-7-8-5-6-10(8)15(18-4)11(9)16/h8-10H,5-7H2,1-4H3,(H,14,17)/t8?,9-,10?/m0/s1. The summed E-state index contributed by atoms with van der Waals surface area (Å²) in [5.74, 6) is 0.229.